The third-order valence-electron chi connectivity index (χ3n) is 3.09. The summed E-state index contributed by atoms with van der Waals surface area (Å²) in [5, 5.41) is 3.25. The number of aromatic nitrogens is 1. The van der Waals surface area contributed by atoms with Crippen LogP contribution in [0.2, 0.25) is 0 Å². The van der Waals surface area contributed by atoms with Gasteiger partial charge in [-0.3, -0.25) is 4.79 Å². The van der Waals surface area contributed by atoms with Crippen molar-refractivity contribution >= 4 is 22.9 Å². The van der Waals surface area contributed by atoms with Crippen molar-refractivity contribution in [1.29, 1.82) is 0 Å². The van der Waals surface area contributed by atoms with Crippen LogP contribution in [0, 0.1) is 13.8 Å². The van der Waals surface area contributed by atoms with Crippen LogP contribution in [0.25, 0.3) is 0 Å². The molecule has 7 heteroatoms. The Kier molecular flexibility index (Phi) is 4.85. The third-order valence-corrected chi connectivity index (χ3v) is 4.22. The lowest BCUT2D eigenvalue weighted by Crippen LogP contribution is -2.16. The predicted molar refractivity (Wildman–Crippen MR) is 80.0 cm³/mol. The van der Waals surface area contributed by atoms with Gasteiger partial charge in [-0.2, -0.15) is 13.2 Å². The summed E-state index contributed by atoms with van der Waals surface area (Å²) < 4.78 is 38.5. The van der Waals surface area contributed by atoms with Gasteiger partial charge in [0.2, 0.25) is 5.91 Å². The second kappa shape index (κ2) is 6.48. The van der Waals surface area contributed by atoms with E-state index in [9.17, 15) is 18.0 Å². The van der Waals surface area contributed by atoms with E-state index in [1.165, 1.54) is 29.5 Å². The highest BCUT2D eigenvalue weighted by Crippen LogP contribution is 2.34. The van der Waals surface area contributed by atoms with Gasteiger partial charge in [0.15, 0.2) is 0 Å². The van der Waals surface area contributed by atoms with E-state index in [0.29, 0.717) is 6.42 Å². The number of carbonyl (C=O) groups is 1. The number of hydrogen-bond acceptors (Lipinski definition) is 3. The molecule has 1 aromatic heterocycles. The van der Waals surface area contributed by atoms with Crippen molar-refractivity contribution in [3.05, 3.63) is 45.4 Å². The first kappa shape index (κ1) is 16.5. The molecule has 0 aliphatic carbocycles. The Morgan fingerprint density at radius 3 is 2.55 bits per heavy atom. The number of carbonyl (C=O) groups excluding carboxylic acids is 1. The molecule has 3 nitrogen and oxygen atoms in total. The average Bonchev–Trinajstić information content (AvgIpc) is 2.74. The van der Waals surface area contributed by atoms with Gasteiger partial charge >= 0.3 is 6.18 Å². The van der Waals surface area contributed by atoms with Crippen LogP contribution in [0.3, 0.4) is 0 Å². The van der Waals surface area contributed by atoms with Crippen molar-refractivity contribution in [1.82, 2.24) is 4.98 Å². The average molecular weight is 328 g/mol. The van der Waals surface area contributed by atoms with Crippen LogP contribution in [0.5, 0.6) is 0 Å². The molecular formula is C15H15F3N2OS. The summed E-state index contributed by atoms with van der Waals surface area (Å²) in [5.74, 6) is -0.442. The van der Waals surface area contributed by atoms with Crippen LogP contribution in [-0.4, -0.2) is 10.9 Å². The predicted octanol–water partition coefficient (Wildman–Crippen LogP) is 4.35. The lowest BCUT2D eigenvalue weighted by atomic mass is 10.1. The Hall–Kier alpha value is -1.89. The Morgan fingerprint density at radius 1 is 1.27 bits per heavy atom. The molecule has 2 rings (SSSR count). The molecule has 0 bridgehead atoms. The Balaban J connectivity index is 2.02. The molecule has 1 aromatic carbocycles. The Bertz CT molecular complexity index is 680. The molecule has 1 heterocycles. The third kappa shape index (κ3) is 4.07. The van der Waals surface area contributed by atoms with Gasteiger partial charge < -0.3 is 5.32 Å². The highest BCUT2D eigenvalue weighted by molar-refractivity contribution is 7.11. The number of nitrogens with one attached hydrogen (secondary N) is 1. The second-order valence-corrected chi connectivity index (χ2v) is 6.12. The van der Waals surface area contributed by atoms with Crippen LogP contribution in [0.15, 0.2) is 24.3 Å². The molecule has 0 radical (unpaired) electrons. The zero-order chi connectivity index (χ0) is 16.3. The van der Waals surface area contributed by atoms with Crippen LogP contribution in [-0.2, 0) is 17.4 Å². The van der Waals surface area contributed by atoms with Crippen LogP contribution < -0.4 is 5.32 Å². The van der Waals surface area contributed by atoms with Crippen molar-refractivity contribution in [2.24, 2.45) is 0 Å². The number of aryl methyl sites for hydroxylation is 3. The molecule has 0 saturated heterocycles. The molecule has 0 atom stereocenters. The van der Waals surface area contributed by atoms with Gasteiger partial charge in [-0.1, -0.05) is 12.1 Å². The van der Waals surface area contributed by atoms with Gasteiger partial charge in [0.1, 0.15) is 0 Å². The van der Waals surface area contributed by atoms with Gasteiger partial charge in [0.25, 0.3) is 0 Å². The lowest BCUT2D eigenvalue weighted by molar-refractivity contribution is -0.137. The topological polar surface area (TPSA) is 42.0 Å². The van der Waals surface area contributed by atoms with Crippen molar-refractivity contribution < 1.29 is 18.0 Å². The van der Waals surface area contributed by atoms with Crippen molar-refractivity contribution in [3.8, 4) is 0 Å². The molecule has 1 N–H and O–H groups in total. The summed E-state index contributed by atoms with van der Waals surface area (Å²) in [7, 11) is 0. The number of anilines is 1. The van der Waals surface area contributed by atoms with E-state index in [-0.39, 0.29) is 12.1 Å². The first-order valence-electron chi connectivity index (χ1n) is 6.66. The number of nitrogens with zero attached hydrogens (tertiary/aromatic N) is 1. The summed E-state index contributed by atoms with van der Waals surface area (Å²) in [6.45, 7) is 3.73. The van der Waals surface area contributed by atoms with E-state index in [2.05, 4.69) is 10.3 Å². The van der Waals surface area contributed by atoms with Crippen LogP contribution in [0.1, 0.15) is 27.6 Å². The zero-order valence-corrected chi connectivity index (χ0v) is 12.9. The van der Waals surface area contributed by atoms with E-state index in [4.69, 9.17) is 0 Å². The number of alkyl halides is 3. The maximum absolute atomic E-state index is 12.8. The zero-order valence-electron chi connectivity index (χ0n) is 12.1. The molecule has 0 spiro atoms. The smallest absolute Gasteiger partial charge is 0.325 e. The fourth-order valence-corrected chi connectivity index (χ4v) is 3.02. The van der Waals surface area contributed by atoms with Gasteiger partial charge in [-0.05, 0) is 32.4 Å². The van der Waals surface area contributed by atoms with E-state index in [1.54, 1.807) is 0 Å². The second-order valence-electron chi connectivity index (χ2n) is 4.83. The molecule has 118 valence electrons. The number of halogens is 3. The minimum Gasteiger partial charge on any atom is -0.325 e. The minimum atomic E-state index is -4.49. The molecule has 0 unspecified atom stereocenters. The Labute approximate surface area is 130 Å². The highest BCUT2D eigenvalue weighted by atomic mass is 32.1. The van der Waals surface area contributed by atoms with E-state index < -0.39 is 17.6 Å². The number of para-hydroxylation sites is 1. The molecule has 0 aliphatic heterocycles. The number of thiazole rings is 1. The summed E-state index contributed by atoms with van der Waals surface area (Å²) >= 11 is 1.50. The van der Waals surface area contributed by atoms with Gasteiger partial charge in [0.05, 0.1) is 22.0 Å². The number of rotatable bonds is 4. The summed E-state index contributed by atoms with van der Waals surface area (Å²) in [4.78, 5) is 17.1. The quantitative estimate of drug-likeness (QED) is 0.906. The van der Waals surface area contributed by atoms with Crippen molar-refractivity contribution in [2.75, 3.05) is 5.32 Å². The van der Waals surface area contributed by atoms with E-state index >= 15 is 0 Å². The van der Waals surface area contributed by atoms with Gasteiger partial charge in [-0.15, -0.1) is 11.3 Å². The highest BCUT2D eigenvalue weighted by Gasteiger charge is 2.33. The normalized spacial score (nSPS) is 11.5. The fourth-order valence-electron chi connectivity index (χ4n) is 2.08. The van der Waals surface area contributed by atoms with E-state index in [0.717, 1.165) is 21.6 Å². The molecule has 0 fully saturated rings. The Morgan fingerprint density at radius 2 is 1.95 bits per heavy atom. The van der Waals surface area contributed by atoms with Gasteiger partial charge in [0, 0.05) is 11.3 Å². The summed E-state index contributed by atoms with van der Waals surface area (Å²) in [6.07, 6.45) is -3.90. The SMILES string of the molecule is Cc1nc(C)c(CCC(=O)Nc2ccccc2C(F)(F)F)s1. The molecular weight excluding hydrogens is 313 g/mol. The molecule has 0 aliphatic rings. The van der Waals surface area contributed by atoms with Crippen LogP contribution in [0.4, 0.5) is 18.9 Å². The van der Waals surface area contributed by atoms with Crippen molar-refractivity contribution in [2.45, 2.75) is 32.9 Å². The maximum atomic E-state index is 12.8. The number of amides is 1. The molecule has 22 heavy (non-hydrogen) atoms. The molecule has 2 aromatic rings. The first-order chi connectivity index (χ1) is 10.3. The van der Waals surface area contributed by atoms with Crippen molar-refractivity contribution in [3.63, 3.8) is 0 Å². The number of hydrogen-bond donors (Lipinski definition) is 1. The van der Waals surface area contributed by atoms with Crippen LogP contribution >= 0.6 is 11.3 Å². The standard InChI is InChI=1S/C15H15F3N2OS/c1-9-13(22-10(2)19-9)7-8-14(21)20-12-6-4-3-5-11(12)15(16,17)18/h3-6H,7-8H2,1-2H3,(H,20,21). The summed E-state index contributed by atoms with van der Waals surface area (Å²) in [5.41, 5.74) is -0.184. The maximum Gasteiger partial charge on any atom is 0.418 e. The molecule has 0 saturated carbocycles. The van der Waals surface area contributed by atoms with E-state index in [1.807, 2.05) is 13.8 Å². The number of benzene rings is 1. The monoisotopic (exact) mass is 328 g/mol. The lowest BCUT2D eigenvalue weighted by Gasteiger charge is -2.13. The molecule has 1 amide bonds. The van der Waals surface area contributed by atoms with Gasteiger partial charge in [-0.25, -0.2) is 4.98 Å². The fraction of sp³-hybridized carbons (Fsp3) is 0.333. The first-order valence-corrected chi connectivity index (χ1v) is 7.48. The minimum absolute atomic E-state index is 0.120. The summed E-state index contributed by atoms with van der Waals surface area (Å²) in [6, 6.07) is 4.96. The largest absolute Gasteiger partial charge is 0.418 e.